The molecule has 0 radical (unpaired) electrons. The minimum Gasteiger partial charge on any atom is -0.426 e. The first-order valence-corrected chi connectivity index (χ1v) is 5.83. The standard InChI is InChI=1S/C8H10FNO4S/c9-15(11,12)8-2-1-7(14-8)10-3-5-13-6-4-10/h1-2H,3-6H2. The molecule has 0 aliphatic carbocycles. The van der Waals surface area contributed by atoms with Gasteiger partial charge in [0.2, 0.25) is 0 Å². The van der Waals surface area contributed by atoms with E-state index in [2.05, 4.69) is 0 Å². The van der Waals surface area contributed by atoms with Crippen LogP contribution >= 0.6 is 0 Å². The summed E-state index contributed by atoms with van der Waals surface area (Å²) in [5, 5.41) is -0.649. The second-order valence-corrected chi connectivity index (χ2v) is 4.41. The van der Waals surface area contributed by atoms with Gasteiger partial charge in [0.25, 0.3) is 5.09 Å². The van der Waals surface area contributed by atoms with E-state index >= 15 is 0 Å². The van der Waals surface area contributed by atoms with Crippen LogP contribution in [0.1, 0.15) is 0 Å². The Kier molecular flexibility index (Phi) is 2.66. The van der Waals surface area contributed by atoms with E-state index in [-0.39, 0.29) is 0 Å². The Hall–Kier alpha value is -1.08. The summed E-state index contributed by atoms with van der Waals surface area (Å²) in [6, 6.07) is 2.55. The second kappa shape index (κ2) is 3.82. The summed E-state index contributed by atoms with van der Waals surface area (Å²) in [5.41, 5.74) is 0. The van der Waals surface area contributed by atoms with Gasteiger partial charge in [0.15, 0.2) is 5.88 Å². The average Bonchev–Trinajstić information content (AvgIpc) is 2.67. The van der Waals surface area contributed by atoms with Crippen molar-refractivity contribution in [3.05, 3.63) is 12.1 Å². The summed E-state index contributed by atoms with van der Waals surface area (Å²) in [6.07, 6.45) is 0. The molecule has 1 fully saturated rings. The van der Waals surface area contributed by atoms with E-state index in [1.165, 1.54) is 6.07 Å². The zero-order chi connectivity index (χ0) is 10.9. The zero-order valence-electron chi connectivity index (χ0n) is 7.85. The first-order chi connectivity index (χ1) is 7.07. The highest BCUT2D eigenvalue weighted by atomic mass is 32.3. The van der Waals surface area contributed by atoms with Crippen LogP contribution in [0.25, 0.3) is 0 Å². The number of nitrogens with zero attached hydrogens (tertiary/aromatic N) is 1. The van der Waals surface area contributed by atoms with Crippen LogP contribution in [0, 0.1) is 0 Å². The van der Waals surface area contributed by atoms with Crippen molar-refractivity contribution in [2.24, 2.45) is 0 Å². The molecule has 84 valence electrons. The number of rotatable bonds is 2. The molecule has 1 aromatic heterocycles. The molecule has 0 spiro atoms. The van der Waals surface area contributed by atoms with E-state index in [9.17, 15) is 12.3 Å². The van der Waals surface area contributed by atoms with Crippen molar-refractivity contribution in [3.63, 3.8) is 0 Å². The molecule has 1 aliphatic heterocycles. The maximum Gasteiger partial charge on any atom is 0.365 e. The number of hydrogen-bond donors (Lipinski definition) is 0. The summed E-state index contributed by atoms with van der Waals surface area (Å²) >= 11 is 0. The van der Waals surface area contributed by atoms with Gasteiger partial charge in [-0.1, -0.05) is 3.89 Å². The Labute approximate surface area is 86.6 Å². The number of furan rings is 1. The molecule has 7 heteroatoms. The summed E-state index contributed by atoms with van der Waals surface area (Å²) < 4.78 is 43.6. The Morgan fingerprint density at radius 3 is 2.47 bits per heavy atom. The fourth-order valence-electron chi connectivity index (χ4n) is 1.40. The molecule has 5 nitrogen and oxygen atoms in total. The Bertz CT molecular complexity index is 435. The molecule has 1 aromatic rings. The highest BCUT2D eigenvalue weighted by Gasteiger charge is 2.20. The monoisotopic (exact) mass is 235 g/mol. The number of halogens is 1. The van der Waals surface area contributed by atoms with Crippen molar-refractivity contribution in [3.8, 4) is 0 Å². The van der Waals surface area contributed by atoms with Crippen molar-refractivity contribution < 1.29 is 21.5 Å². The first-order valence-electron chi connectivity index (χ1n) is 4.44. The normalized spacial score (nSPS) is 18.1. The lowest BCUT2D eigenvalue weighted by molar-refractivity contribution is 0.120. The molecule has 0 bridgehead atoms. The molecule has 2 rings (SSSR count). The van der Waals surface area contributed by atoms with Crippen LogP contribution in [0.5, 0.6) is 0 Å². The summed E-state index contributed by atoms with van der Waals surface area (Å²) in [7, 11) is -4.75. The van der Waals surface area contributed by atoms with Gasteiger partial charge in [0.05, 0.1) is 13.2 Å². The molecule has 0 saturated carbocycles. The van der Waals surface area contributed by atoms with Gasteiger partial charge in [-0.25, -0.2) is 0 Å². The molecular formula is C8H10FNO4S. The maximum absolute atomic E-state index is 12.5. The maximum atomic E-state index is 12.5. The van der Waals surface area contributed by atoms with E-state index in [0.717, 1.165) is 6.07 Å². The van der Waals surface area contributed by atoms with Crippen molar-refractivity contribution in [1.82, 2.24) is 0 Å². The van der Waals surface area contributed by atoms with Crippen molar-refractivity contribution >= 4 is 16.1 Å². The van der Waals surface area contributed by atoms with E-state index in [1.807, 2.05) is 0 Å². The predicted octanol–water partition coefficient (Wildman–Crippen LogP) is 0.774. The van der Waals surface area contributed by atoms with Crippen molar-refractivity contribution in [2.75, 3.05) is 31.2 Å². The third-order valence-corrected chi connectivity index (χ3v) is 2.83. The van der Waals surface area contributed by atoms with E-state index in [0.29, 0.717) is 32.2 Å². The smallest absolute Gasteiger partial charge is 0.365 e. The van der Waals surface area contributed by atoms with Crippen LogP contribution in [0.15, 0.2) is 21.6 Å². The molecule has 0 N–H and O–H groups in total. The molecule has 0 unspecified atom stereocenters. The SMILES string of the molecule is O=S(=O)(F)c1ccc(N2CCOCC2)o1. The van der Waals surface area contributed by atoms with Crippen LogP contribution in [0.3, 0.4) is 0 Å². The van der Waals surface area contributed by atoms with E-state index < -0.39 is 15.3 Å². The van der Waals surface area contributed by atoms with Gasteiger partial charge in [-0.2, -0.15) is 8.42 Å². The van der Waals surface area contributed by atoms with Crippen molar-refractivity contribution in [1.29, 1.82) is 0 Å². The van der Waals surface area contributed by atoms with Gasteiger partial charge in [-0.3, -0.25) is 0 Å². The first kappa shape index (κ1) is 10.4. The zero-order valence-corrected chi connectivity index (χ0v) is 8.67. The molecule has 1 saturated heterocycles. The molecule has 0 aromatic carbocycles. The highest BCUT2D eigenvalue weighted by molar-refractivity contribution is 7.86. The predicted molar refractivity (Wildman–Crippen MR) is 50.0 cm³/mol. The number of anilines is 1. The van der Waals surface area contributed by atoms with Gasteiger partial charge in [0, 0.05) is 25.2 Å². The largest absolute Gasteiger partial charge is 0.426 e. The third-order valence-electron chi connectivity index (χ3n) is 2.13. The van der Waals surface area contributed by atoms with Gasteiger partial charge in [-0.15, -0.1) is 0 Å². The summed E-state index contributed by atoms with van der Waals surface area (Å²) in [4.78, 5) is 1.80. The van der Waals surface area contributed by atoms with Gasteiger partial charge in [-0.05, 0) is 0 Å². The van der Waals surface area contributed by atoms with Gasteiger partial charge in [0.1, 0.15) is 0 Å². The van der Waals surface area contributed by atoms with Crippen LogP contribution in [0.4, 0.5) is 9.77 Å². The lowest BCUT2D eigenvalue weighted by Crippen LogP contribution is -2.35. The fourth-order valence-corrected chi connectivity index (χ4v) is 1.81. The lowest BCUT2D eigenvalue weighted by Gasteiger charge is -2.25. The summed E-state index contributed by atoms with van der Waals surface area (Å²) in [5.74, 6) is 0.356. The molecule has 0 amide bonds. The molecule has 1 aliphatic rings. The molecule has 2 heterocycles. The Morgan fingerprint density at radius 2 is 1.93 bits per heavy atom. The highest BCUT2D eigenvalue weighted by Crippen LogP contribution is 2.23. The third kappa shape index (κ3) is 2.29. The van der Waals surface area contributed by atoms with Crippen LogP contribution < -0.4 is 4.90 Å². The molecule has 0 atom stereocenters. The van der Waals surface area contributed by atoms with Crippen molar-refractivity contribution in [2.45, 2.75) is 5.09 Å². The number of morpholine rings is 1. The van der Waals surface area contributed by atoms with Gasteiger partial charge < -0.3 is 14.1 Å². The summed E-state index contributed by atoms with van der Waals surface area (Å²) in [6.45, 7) is 2.33. The van der Waals surface area contributed by atoms with Crippen LogP contribution in [-0.4, -0.2) is 34.7 Å². The van der Waals surface area contributed by atoms with E-state index in [1.54, 1.807) is 4.90 Å². The minimum atomic E-state index is -4.75. The molecular weight excluding hydrogens is 225 g/mol. The number of hydrogen-bond acceptors (Lipinski definition) is 5. The number of ether oxygens (including phenoxy) is 1. The average molecular weight is 235 g/mol. The fraction of sp³-hybridized carbons (Fsp3) is 0.500. The minimum absolute atomic E-state index is 0.356. The topological polar surface area (TPSA) is 59.8 Å². The Morgan fingerprint density at radius 1 is 1.27 bits per heavy atom. The van der Waals surface area contributed by atoms with E-state index in [4.69, 9.17) is 9.15 Å². The van der Waals surface area contributed by atoms with Crippen LogP contribution in [0.2, 0.25) is 0 Å². The molecule has 15 heavy (non-hydrogen) atoms. The van der Waals surface area contributed by atoms with Crippen LogP contribution in [-0.2, 0) is 15.0 Å². The Balaban J connectivity index is 2.19. The quantitative estimate of drug-likeness (QED) is 0.709. The lowest BCUT2D eigenvalue weighted by atomic mass is 10.4. The van der Waals surface area contributed by atoms with Gasteiger partial charge >= 0.3 is 10.2 Å². The second-order valence-electron chi connectivity index (χ2n) is 3.13.